The zero-order valence-electron chi connectivity index (χ0n) is 7.57. The first kappa shape index (κ1) is 11.4. The molecule has 0 spiro atoms. The molecule has 0 heterocycles. The van der Waals surface area contributed by atoms with Crippen molar-refractivity contribution in [3.63, 3.8) is 0 Å². The van der Waals surface area contributed by atoms with E-state index in [-0.39, 0.29) is 6.42 Å². The summed E-state index contributed by atoms with van der Waals surface area (Å²) >= 11 is 7.38. The van der Waals surface area contributed by atoms with Crippen molar-refractivity contribution < 1.29 is 9.90 Å². The van der Waals surface area contributed by atoms with Gasteiger partial charge in [-0.2, -0.15) is 0 Å². The standard InChI is InChI=1S/C10H11ClO2S/c11-8-3-5-9(6-4-8)14-7-1-2-10(12)13/h3-6H,1-2,7H2,(H,12,13). The van der Waals surface area contributed by atoms with Crippen LogP contribution in [0.4, 0.5) is 0 Å². The molecule has 0 saturated heterocycles. The Balaban J connectivity index is 2.25. The molecule has 0 atom stereocenters. The number of aliphatic carboxylic acids is 1. The molecule has 0 aliphatic carbocycles. The average molecular weight is 231 g/mol. The number of hydrogen-bond acceptors (Lipinski definition) is 2. The van der Waals surface area contributed by atoms with Crippen molar-refractivity contribution in [3.8, 4) is 0 Å². The lowest BCUT2D eigenvalue weighted by Gasteiger charge is -1.99. The summed E-state index contributed by atoms with van der Waals surface area (Å²) < 4.78 is 0. The van der Waals surface area contributed by atoms with Crippen molar-refractivity contribution in [3.05, 3.63) is 29.3 Å². The predicted molar refractivity (Wildman–Crippen MR) is 59.0 cm³/mol. The lowest BCUT2D eigenvalue weighted by atomic mass is 10.3. The molecule has 0 radical (unpaired) electrons. The van der Waals surface area contributed by atoms with Crippen LogP contribution >= 0.6 is 23.4 Å². The van der Waals surface area contributed by atoms with Gasteiger partial charge in [0.25, 0.3) is 0 Å². The van der Waals surface area contributed by atoms with E-state index in [1.807, 2.05) is 24.3 Å². The van der Waals surface area contributed by atoms with Crippen LogP contribution in [0.15, 0.2) is 29.2 Å². The molecule has 14 heavy (non-hydrogen) atoms. The number of hydrogen-bond donors (Lipinski definition) is 1. The number of halogens is 1. The molecule has 0 aliphatic heterocycles. The van der Waals surface area contributed by atoms with E-state index in [4.69, 9.17) is 16.7 Å². The monoisotopic (exact) mass is 230 g/mol. The minimum atomic E-state index is -0.735. The van der Waals surface area contributed by atoms with Crippen molar-refractivity contribution in [1.82, 2.24) is 0 Å². The minimum Gasteiger partial charge on any atom is -0.481 e. The summed E-state index contributed by atoms with van der Waals surface area (Å²) in [5.74, 6) is 0.0928. The molecule has 76 valence electrons. The summed E-state index contributed by atoms with van der Waals surface area (Å²) in [7, 11) is 0. The molecular weight excluding hydrogens is 220 g/mol. The van der Waals surface area contributed by atoms with E-state index in [1.165, 1.54) is 0 Å². The molecule has 0 bridgehead atoms. The van der Waals surface area contributed by atoms with Gasteiger partial charge in [-0.25, -0.2) is 0 Å². The van der Waals surface area contributed by atoms with Gasteiger partial charge in [0, 0.05) is 16.3 Å². The Bertz CT molecular complexity index is 297. The summed E-state index contributed by atoms with van der Waals surface area (Å²) in [6.07, 6.45) is 0.934. The third-order valence-corrected chi connectivity index (χ3v) is 2.97. The van der Waals surface area contributed by atoms with Gasteiger partial charge in [-0.05, 0) is 36.4 Å². The highest BCUT2D eigenvalue weighted by atomic mass is 35.5. The van der Waals surface area contributed by atoms with Gasteiger partial charge >= 0.3 is 5.97 Å². The maximum Gasteiger partial charge on any atom is 0.303 e. The second-order valence-electron chi connectivity index (χ2n) is 2.80. The lowest BCUT2D eigenvalue weighted by Crippen LogP contribution is -1.94. The number of carboxylic acids is 1. The van der Waals surface area contributed by atoms with Crippen molar-refractivity contribution in [2.24, 2.45) is 0 Å². The highest BCUT2D eigenvalue weighted by Gasteiger charge is 1.98. The van der Waals surface area contributed by atoms with Crippen LogP contribution in [0.5, 0.6) is 0 Å². The van der Waals surface area contributed by atoms with Gasteiger partial charge < -0.3 is 5.11 Å². The fourth-order valence-electron chi connectivity index (χ4n) is 0.944. The third kappa shape index (κ3) is 4.53. The molecular formula is C10H11ClO2S. The molecule has 0 amide bonds. The summed E-state index contributed by atoms with van der Waals surface area (Å²) in [4.78, 5) is 11.4. The molecule has 1 N–H and O–H groups in total. The predicted octanol–water partition coefficient (Wildman–Crippen LogP) is 3.30. The van der Waals surface area contributed by atoms with Crippen LogP contribution in [-0.4, -0.2) is 16.8 Å². The van der Waals surface area contributed by atoms with Gasteiger partial charge in [0.05, 0.1) is 0 Å². The van der Waals surface area contributed by atoms with Crippen LogP contribution in [0, 0.1) is 0 Å². The molecule has 0 fully saturated rings. The second kappa shape index (κ2) is 5.94. The van der Waals surface area contributed by atoms with Crippen LogP contribution in [0.25, 0.3) is 0 Å². The summed E-state index contributed by atoms with van der Waals surface area (Å²) in [5.41, 5.74) is 0. The lowest BCUT2D eigenvalue weighted by molar-refractivity contribution is -0.137. The normalized spacial score (nSPS) is 10.1. The van der Waals surface area contributed by atoms with E-state index in [9.17, 15) is 4.79 Å². The van der Waals surface area contributed by atoms with Crippen LogP contribution in [0.3, 0.4) is 0 Å². The van der Waals surface area contributed by atoms with Crippen molar-refractivity contribution in [2.75, 3.05) is 5.75 Å². The van der Waals surface area contributed by atoms with E-state index in [2.05, 4.69) is 0 Å². The number of carbonyl (C=O) groups is 1. The fourth-order valence-corrected chi connectivity index (χ4v) is 1.92. The largest absolute Gasteiger partial charge is 0.481 e. The molecule has 4 heteroatoms. The maximum atomic E-state index is 10.2. The van der Waals surface area contributed by atoms with E-state index in [0.717, 1.165) is 15.7 Å². The molecule has 0 aromatic heterocycles. The van der Waals surface area contributed by atoms with E-state index >= 15 is 0 Å². The number of benzene rings is 1. The Hall–Kier alpha value is -0.670. The van der Waals surface area contributed by atoms with Crippen LogP contribution in [0.2, 0.25) is 5.02 Å². The Labute approximate surface area is 92.3 Å². The molecule has 1 aromatic rings. The van der Waals surface area contributed by atoms with Gasteiger partial charge in [0.2, 0.25) is 0 Å². The van der Waals surface area contributed by atoms with E-state index in [1.54, 1.807) is 11.8 Å². The van der Waals surface area contributed by atoms with Gasteiger partial charge in [-0.3, -0.25) is 4.79 Å². The summed E-state index contributed by atoms with van der Waals surface area (Å²) in [6, 6.07) is 7.55. The minimum absolute atomic E-state index is 0.237. The van der Waals surface area contributed by atoms with E-state index < -0.39 is 5.97 Å². The Morgan fingerprint density at radius 3 is 2.57 bits per heavy atom. The highest BCUT2D eigenvalue weighted by molar-refractivity contribution is 7.99. The van der Waals surface area contributed by atoms with Gasteiger partial charge in [0.15, 0.2) is 0 Å². The van der Waals surface area contributed by atoms with Gasteiger partial charge in [0.1, 0.15) is 0 Å². The molecule has 2 nitrogen and oxygen atoms in total. The third-order valence-electron chi connectivity index (χ3n) is 1.62. The van der Waals surface area contributed by atoms with Gasteiger partial charge in [-0.15, -0.1) is 11.8 Å². The summed E-state index contributed by atoms with van der Waals surface area (Å²) in [6.45, 7) is 0. The number of carboxylic acid groups (broad SMARTS) is 1. The summed E-state index contributed by atoms with van der Waals surface area (Å²) in [5, 5.41) is 9.14. The van der Waals surface area contributed by atoms with E-state index in [0.29, 0.717) is 6.42 Å². The molecule has 1 rings (SSSR count). The smallest absolute Gasteiger partial charge is 0.303 e. The van der Waals surface area contributed by atoms with Crippen LogP contribution in [0.1, 0.15) is 12.8 Å². The first-order valence-corrected chi connectivity index (χ1v) is 5.65. The average Bonchev–Trinajstić information content (AvgIpc) is 2.15. The highest BCUT2D eigenvalue weighted by Crippen LogP contribution is 2.21. The first-order valence-electron chi connectivity index (χ1n) is 4.28. The molecule has 1 aromatic carbocycles. The van der Waals surface area contributed by atoms with Crippen LogP contribution < -0.4 is 0 Å². The number of rotatable bonds is 5. The first-order chi connectivity index (χ1) is 6.68. The van der Waals surface area contributed by atoms with Gasteiger partial charge in [-0.1, -0.05) is 11.6 Å². The zero-order chi connectivity index (χ0) is 10.4. The van der Waals surface area contributed by atoms with Crippen LogP contribution in [-0.2, 0) is 4.79 Å². The quantitative estimate of drug-likeness (QED) is 0.623. The number of thioether (sulfide) groups is 1. The van der Waals surface area contributed by atoms with Crippen molar-refractivity contribution >= 4 is 29.3 Å². The Morgan fingerprint density at radius 1 is 1.36 bits per heavy atom. The fraction of sp³-hybridized carbons (Fsp3) is 0.300. The SMILES string of the molecule is O=C(O)CCCSc1ccc(Cl)cc1. The molecule has 0 saturated carbocycles. The Kier molecular flexibility index (Phi) is 4.84. The zero-order valence-corrected chi connectivity index (χ0v) is 9.14. The molecule has 0 aliphatic rings. The molecule has 0 unspecified atom stereocenters. The van der Waals surface area contributed by atoms with Crippen molar-refractivity contribution in [1.29, 1.82) is 0 Å². The second-order valence-corrected chi connectivity index (χ2v) is 4.40. The Morgan fingerprint density at radius 2 is 2.00 bits per heavy atom. The van der Waals surface area contributed by atoms with Crippen molar-refractivity contribution in [2.45, 2.75) is 17.7 Å². The topological polar surface area (TPSA) is 37.3 Å². The maximum absolute atomic E-state index is 10.2.